The van der Waals surface area contributed by atoms with Crippen LogP contribution >= 0.6 is 0 Å². The molecule has 0 fully saturated rings. The molecule has 0 bridgehead atoms. The van der Waals surface area contributed by atoms with Gasteiger partial charge in [0, 0.05) is 34.0 Å². The summed E-state index contributed by atoms with van der Waals surface area (Å²) in [6.45, 7) is 2.24. The summed E-state index contributed by atoms with van der Waals surface area (Å²) in [5, 5.41) is 2.27. The van der Waals surface area contributed by atoms with Crippen LogP contribution in [0.1, 0.15) is 24.0 Å². The lowest BCUT2D eigenvalue weighted by Gasteiger charge is -2.12. The molecule has 1 atom stereocenters. The van der Waals surface area contributed by atoms with Gasteiger partial charge in [0.2, 0.25) is 0 Å². The van der Waals surface area contributed by atoms with Crippen molar-refractivity contribution in [2.45, 2.75) is 12.8 Å². The summed E-state index contributed by atoms with van der Waals surface area (Å²) in [7, 11) is 0. The van der Waals surface area contributed by atoms with E-state index in [1.807, 2.05) is 12.3 Å². The molecule has 0 saturated carbocycles. The molecule has 0 saturated heterocycles. The molecule has 0 radical (unpaired) electrons. The number of furan rings is 1. The molecular formula is C31H23NO. The fraction of sp³-hybridized carbons (Fsp3) is 0.0645. The van der Waals surface area contributed by atoms with Gasteiger partial charge in [-0.05, 0) is 47.0 Å². The predicted molar refractivity (Wildman–Crippen MR) is 136 cm³/mol. The van der Waals surface area contributed by atoms with Crippen LogP contribution < -0.4 is 0 Å². The highest BCUT2D eigenvalue weighted by atomic mass is 16.3. The molecule has 0 amide bonds. The first-order valence-corrected chi connectivity index (χ1v) is 11.3. The molecular weight excluding hydrogens is 402 g/mol. The van der Waals surface area contributed by atoms with Crippen molar-refractivity contribution in [1.82, 2.24) is 4.98 Å². The molecule has 2 nitrogen and oxygen atoms in total. The number of aromatic nitrogens is 1. The van der Waals surface area contributed by atoms with Crippen molar-refractivity contribution < 1.29 is 4.42 Å². The Hall–Kier alpha value is -4.17. The molecule has 0 aliphatic heterocycles. The number of nitrogens with zero attached hydrogens (tertiary/aromatic N) is 1. The molecule has 0 aliphatic rings. The van der Waals surface area contributed by atoms with Crippen molar-refractivity contribution >= 4 is 21.9 Å². The van der Waals surface area contributed by atoms with Crippen molar-refractivity contribution in [3.05, 3.63) is 127 Å². The molecule has 2 aromatic heterocycles. The summed E-state index contributed by atoms with van der Waals surface area (Å²) in [5.41, 5.74) is 8.76. The highest BCUT2D eigenvalue weighted by Crippen LogP contribution is 2.37. The maximum atomic E-state index is 6.39. The predicted octanol–water partition coefficient (Wildman–Crippen LogP) is 8.47. The number of fused-ring (bicyclic) bond motifs is 3. The van der Waals surface area contributed by atoms with Crippen LogP contribution in [0.15, 0.2) is 120 Å². The lowest BCUT2D eigenvalue weighted by Crippen LogP contribution is -1.95. The van der Waals surface area contributed by atoms with Gasteiger partial charge >= 0.3 is 0 Å². The number of hydrogen-bond acceptors (Lipinski definition) is 2. The normalized spacial score (nSPS) is 12.3. The molecule has 4 aromatic carbocycles. The minimum absolute atomic E-state index is 0.249. The van der Waals surface area contributed by atoms with Crippen LogP contribution in [0.5, 0.6) is 0 Å². The molecule has 33 heavy (non-hydrogen) atoms. The van der Waals surface area contributed by atoms with Crippen LogP contribution in [-0.2, 0) is 0 Å². The summed E-state index contributed by atoms with van der Waals surface area (Å²) >= 11 is 0. The standard InChI is InChI=1S/C31H23NO/c1-21(22-9-4-2-5-10-22)26-13-8-14-27-28-19-25(15-16-30(28)33-31(26)27)29-20-24(17-18-32-29)23-11-6-3-7-12-23/h2-21H,1H3. The van der Waals surface area contributed by atoms with Crippen LogP contribution in [0.2, 0.25) is 0 Å². The second-order valence-electron chi connectivity index (χ2n) is 8.47. The lowest BCUT2D eigenvalue weighted by atomic mass is 9.92. The SMILES string of the molecule is CC(c1ccccc1)c1cccc2c1oc1ccc(-c3cc(-c4ccccc4)ccn3)cc12. The van der Waals surface area contributed by atoms with E-state index in [0.29, 0.717) is 0 Å². The van der Waals surface area contributed by atoms with Crippen LogP contribution in [0.25, 0.3) is 44.3 Å². The number of para-hydroxylation sites is 1. The molecule has 0 N–H and O–H groups in total. The summed E-state index contributed by atoms with van der Waals surface area (Å²) in [5.74, 6) is 0.249. The highest BCUT2D eigenvalue weighted by Gasteiger charge is 2.17. The Bertz CT molecular complexity index is 1570. The van der Waals surface area contributed by atoms with E-state index < -0.39 is 0 Å². The van der Waals surface area contributed by atoms with E-state index >= 15 is 0 Å². The van der Waals surface area contributed by atoms with Gasteiger partial charge < -0.3 is 4.42 Å². The average Bonchev–Trinajstić information content (AvgIpc) is 3.27. The van der Waals surface area contributed by atoms with E-state index in [2.05, 4.69) is 115 Å². The Morgan fingerprint density at radius 2 is 1.42 bits per heavy atom. The Morgan fingerprint density at radius 3 is 2.24 bits per heavy atom. The van der Waals surface area contributed by atoms with E-state index in [1.54, 1.807) is 0 Å². The van der Waals surface area contributed by atoms with Crippen LogP contribution in [0.3, 0.4) is 0 Å². The first-order valence-electron chi connectivity index (χ1n) is 11.3. The second-order valence-corrected chi connectivity index (χ2v) is 8.47. The first-order chi connectivity index (χ1) is 16.3. The Balaban J connectivity index is 1.46. The molecule has 2 heteroatoms. The van der Waals surface area contributed by atoms with Crippen molar-refractivity contribution in [3.8, 4) is 22.4 Å². The summed E-state index contributed by atoms with van der Waals surface area (Å²) in [4.78, 5) is 4.66. The van der Waals surface area contributed by atoms with Crippen LogP contribution in [0.4, 0.5) is 0 Å². The fourth-order valence-electron chi connectivity index (χ4n) is 4.64. The zero-order valence-corrected chi connectivity index (χ0v) is 18.4. The van der Waals surface area contributed by atoms with E-state index in [4.69, 9.17) is 4.42 Å². The van der Waals surface area contributed by atoms with Crippen molar-refractivity contribution in [2.24, 2.45) is 0 Å². The minimum atomic E-state index is 0.249. The van der Waals surface area contributed by atoms with Crippen molar-refractivity contribution in [1.29, 1.82) is 0 Å². The molecule has 6 aromatic rings. The lowest BCUT2D eigenvalue weighted by molar-refractivity contribution is 0.659. The summed E-state index contributed by atoms with van der Waals surface area (Å²) in [6.07, 6.45) is 1.88. The topological polar surface area (TPSA) is 26.0 Å². The molecule has 0 aliphatic carbocycles. The van der Waals surface area contributed by atoms with E-state index in [0.717, 1.165) is 38.8 Å². The Morgan fingerprint density at radius 1 is 0.636 bits per heavy atom. The van der Waals surface area contributed by atoms with E-state index in [1.165, 1.54) is 16.7 Å². The average molecular weight is 426 g/mol. The maximum absolute atomic E-state index is 6.39. The van der Waals surface area contributed by atoms with E-state index in [-0.39, 0.29) is 5.92 Å². The number of hydrogen-bond donors (Lipinski definition) is 0. The summed E-state index contributed by atoms with van der Waals surface area (Å²) < 4.78 is 6.39. The number of benzene rings is 4. The largest absolute Gasteiger partial charge is 0.456 e. The van der Waals surface area contributed by atoms with Gasteiger partial charge in [-0.1, -0.05) is 85.8 Å². The van der Waals surface area contributed by atoms with Gasteiger partial charge in [0.15, 0.2) is 0 Å². The monoisotopic (exact) mass is 425 g/mol. The molecule has 2 heterocycles. The van der Waals surface area contributed by atoms with E-state index in [9.17, 15) is 0 Å². The zero-order valence-electron chi connectivity index (χ0n) is 18.4. The molecule has 1 unspecified atom stereocenters. The smallest absolute Gasteiger partial charge is 0.139 e. The Kier molecular flexibility index (Phi) is 4.77. The third kappa shape index (κ3) is 3.50. The third-order valence-corrected chi connectivity index (χ3v) is 6.46. The maximum Gasteiger partial charge on any atom is 0.139 e. The van der Waals surface area contributed by atoms with Gasteiger partial charge in [-0.15, -0.1) is 0 Å². The number of pyridine rings is 1. The fourth-order valence-corrected chi connectivity index (χ4v) is 4.64. The molecule has 6 rings (SSSR count). The van der Waals surface area contributed by atoms with Gasteiger partial charge in [0.1, 0.15) is 11.2 Å². The minimum Gasteiger partial charge on any atom is -0.456 e. The van der Waals surface area contributed by atoms with Gasteiger partial charge in [0.05, 0.1) is 5.69 Å². The van der Waals surface area contributed by atoms with Gasteiger partial charge in [0.25, 0.3) is 0 Å². The van der Waals surface area contributed by atoms with Gasteiger partial charge in [-0.2, -0.15) is 0 Å². The Labute approximate surface area is 193 Å². The number of rotatable bonds is 4. The zero-order chi connectivity index (χ0) is 22.2. The van der Waals surface area contributed by atoms with Gasteiger partial charge in [-0.3, -0.25) is 4.98 Å². The van der Waals surface area contributed by atoms with Gasteiger partial charge in [-0.25, -0.2) is 0 Å². The van der Waals surface area contributed by atoms with Crippen LogP contribution in [-0.4, -0.2) is 4.98 Å². The highest BCUT2D eigenvalue weighted by molar-refractivity contribution is 6.07. The third-order valence-electron chi connectivity index (χ3n) is 6.46. The molecule has 0 spiro atoms. The summed E-state index contributed by atoms with van der Waals surface area (Å²) in [6, 6.07) is 38.0. The first kappa shape index (κ1) is 19.5. The molecule has 158 valence electrons. The van der Waals surface area contributed by atoms with Crippen molar-refractivity contribution in [3.63, 3.8) is 0 Å². The second kappa shape index (κ2) is 8.07. The quantitative estimate of drug-likeness (QED) is 0.283. The van der Waals surface area contributed by atoms with Crippen LogP contribution in [0, 0.1) is 0 Å². The van der Waals surface area contributed by atoms with Crippen molar-refractivity contribution in [2.75, 3.05) is 0 Å².